The molecule has 2 aromatic rings. The van der Waals surface area contributed by atoms with Gasteiger partial charge < -0.3 is 14.7 Å². The van der Waals surface area contributed by atoms with Gasteiger partial charge in [0.1, 0.15) is 17.5 Å². The summed E-state index contributed by atoms with van der Waals surface area (Å²) >= 11 is 0. The minimum absolute atomic E-state index is 0.0248. The Morgan fingerprint density at radius 1 is 0.938 bits per heavy atom. The van der Waals surface area contributed by atoms with Gasteiger partial charge in [0.25, 0.3) is 0 Å². The molecule has 2 aromatic carbocycles. The van der Waals surface area contributed by atoms with Crippen LogP contribution in [0.2, 0.25) is 0 Å². The van der Waals surface area contributed by atoms with E-state index in [-0.39, 0.29) is 35.7 Å². The summed E-state index contributed by atoms with van der Waals surface area (Å²) in [5.41, 5.74) is 8.41. The molecular formula is C26H35N3O3. The van der Waals surface area contributed by atoms with Gasteiger partial charge in [0.2, 0.25) is 5.91 Å². The average molecular weight is 438 g/mol. The highest BCUT2D eigenvalue weighted by Crippen LogP contribution is 2.48. The number of rotatable bonds is 10. The molecule has 172 valence electrons. The van der Waals surface area contributed by atoms with Crippen LogP contribution in [0, 0.1) is 5.92 Å². The zero-order valence-electron chi connectivity index (χ0n) is 19.1. The fourth-order valence-corrected chi connectivity index (χ4v) is 5.09. The number of aromatic hydroxyl groups is 1. The first-order chi connectivity index (χ1) is 15.7. The van der Waals surface area contributed by atoms with Crippen LogP contribution in [-0.4, -0.2) is 35.1 Å². The highest BCUT2D eigenvalue weighted by molar-refractivity contribution is 5.86. The molecule has 2 saturated heterocycles. The third-order valence-electron chi connectivity index (χ3n) is 6.64. The fraction of sp³-hybridized carbons (Fsp3) is 0.500. The normalized spacial score (nSPS) is 24.7. The molecule has 4 rings (SSSR count). The van der Waals surface area contributed by atoms with Crippen LogP contribution in [0.15, 0.2) is 48.5 Å². The van der Waals surface area contributed by atoms with Crippen molar-refractivity contribution in [3.8, 4) is 11.5 Å². The van der Waals surface area contributed by atoms with Crippen LogP contribution in [0.25, 0.3) is 0 Å². The summed E-state index contributed by atoms with van der Waals surface area (Å²) in [4.78, 5) is 15.3. The molecule has 0 bridgehead atoms. The lowest BCUT2D eigenvalue weighted by molar-refractivity contribution is -0.130. The van der Waals surface area contributed by atoms with E-state index in [1.54, 1.807) is 6.07 Å². The van der Waals surface area contributed by atoms with Crippen LogP contribution in [0.1, 0.15) is 69.2 Å². The highest BCUT2D eigenvalue weighted by Gasteiger charge is 2.55. The number of unbranched alkanes of at least 4 members (excludes halogenated alkanes) is 3. The number of hydrazine groups is 1. The van der Waals surface area contributed by atoms with E-state index >= 15 is 0 Å². The number of likely N-dealkylation sites (tertiary alicyclic amines) is 1. The van der Waals surface area contributed by atoms with Crippen molar-refractivity contribution in [3.05, 3.63) is 59.7 Å². The lowest BCUT2D eigenvalue weighted by atomic mass is 9.83. The number of carbonyl (C=O) groups excluding carboxylic acids is 1. The van der Waals surface area contributed by atoms with Crippen molar-refractivity contribution in [2.45, 2.75) is 64.1 Å². The number of carbonyl (C=O) groups is 1. The number of para-hydroxylation sites is 1. The number of phenols is 1. The molecule has 2 aliphatic rings. The second-order valence-corrected chi connectivity index (χ2v) is 8.83. The molecule has 32 heavy (non-hydrogen) atoms. The Labute approximate surface area is 190 Å². The van der Waals surface area contributed by atoms with Crippen LogP contribution < -0.4 is 15.6 Å². The molecule has 0 aromatic heterocycles. The number of ether oxygens (including phenoxy) is 1. The lowest BCUT2D eigenvalue weighted by Crippen LogP contribution is -2.41. The molecule has 2 aliphatic heterocycles. The molecule has 0 spiro atoms. The molecule has 0 radical (unpaired) electrons. The number of hydrogen-bond donors (Lipinski definition) is 3. The Morgan fingerprint density at radius 2 is 1.69 bits per heavy atom. The lowest BCUT2D eigenvalue weighted by Gasteiger charge is -2.31. The minimum Gasteiger partial charge on any atom is -0.508 e. The van der Waals surface area contributed by atoms with Crippen molar-refractivity contribution in [3.63, 3.8) is 0 Å². The van der Waals surface area contributed by atoms with Gasteiger partial charge in [-0.05, 0) is 36.6 Å². The topological polar surface area (TPSA) is 73.8 Å². The van der Waals surface area contributed by atoms with Crippen molar-refractivity contribution in [1.29, 1.82) is 0 Å². The van der Waals surface area contributed by atoms with Gasteiger partial charge in [-0.3, -0.25) is 4.79 Å². The predicted octanol–water partition coefficient (Wildman–Crippen LogP) is 4.48. The Bertz CT molecular complexity index is 901. The molecule has 6 heteroatoms. The minimum atomic E-state index is -0.314. The second-order valence-electron chi connectivity index (χ2n) is 8.83. The third kappa shape index (κ3) is 4.48. The van der Waals surface area contributed by atoms with E-state index in [1.165, 1.54) is 19.3 Å². The maximum absolute atomic E-state index is 13.3. The van der Waals surface area contributed by atoms with Gasteiger partial charge in [0, 0.05) is 18.0 Å². The van der Waals surface area contributed by atoms with Gasteiger partial charge in [0.15, 0.2) is 0 Å². The van der Waals surface area contributed by atoms with Crippen LogP contribution in [0.5, 0.6) is 11.5 Å². The number of phenolic OH excluding ortho intramolecular Hbond substituents is 1. The molecular weight excluding hydrogens is 402 g/mol. The number of nitrogens with one attached hydrogen (secondary N) is 2. The number of hydrogen-bond acceptors (Lipinski definition) is 5. The van der Waals surface area contributed by atoms with Gasteiger partial charge in [0.05, 0.1) is 18.7 Å². The van der Waals surface area contributed by atoms with E-state index in [2.05, 4.69) is 36.8 Å². The number of amides is 1. The molecule has 4 unspecified atom stereocenters. The van der Waals surface area contributed by atoms with Gasteiger partial charge in [-0.25, -0.2) is 10.9 Å². The van der Waals surface area contributed by atoms with Gasteiger partial charge >= 0.3 is 0 Å². The largest absolute Gasteiger partial charge is 0.508 e. The Balaban J connectivity index is 1.57. The smallest absolute Gasteiger partial charge is 0.242 e. The van der Waals surface area contributed by atoms with Crippen molar-refractivity contribution in [1.82, 2.24) is 15.8 Å². The maximum Gasteiger partial charge on any atom is 0.242 e. The van der Waals surface area contributed by atoms with Crippen LogP contribution in [0.3, 0.4) is 0 Å². The molecule has 0 aliphatic carbocycles. The van der Waals surface area contributed by atoms with Crippen molar-refractivity contribution >= 4 is 5.91 Å². The molecule has 2 fully saturated rings. The summed E-state index contributed by atoms with van der Waals surface area (Å²) in [5, 5.41) is 10.5. The summed E-state index contributed by atoms with van der Waals surface area (Å²) in [6.07, 6.45) is 5.63. The summed E-state index contributed by atoms with van der Waals surface area (Å²) in [5.74, 6) is 1.21. The average Bonchev–Trinajstić information content (AvgIpc) is 3.34. The fourth-order valence-electron chi connectivity index (χ4n) is 5.09. The van der Waals surface area contributed by atoms with E-state index in [1.807, 2.05) is 35.2 Å². The highest BCUT2D eigenvalue weighted by atomic mass is 16.5. The van der Waals surface area contributed by atoms with Crippen LogP contribution >= 0.6 is 0 Å². The van der Waals surface area contributed by atoms with Crippen LogP contribution in [-0.2, 0) is 4.79 Å². The maximum atomic E-state index is 13.3. The van der Waals surface area contributed by atoms with Crippen molar-refractivity contribution in [2.24, 2.45) is 5.92 Å². The van der Waals surface area contributed by atoms with Crippen molar-refractivity contribution in [2.75, 3.05) is 13.2 Å². The van der Waals surface area contributed by atoms with Gasteiger partial charge in [-0.2, -0.15) is 0 Å². The first-order valence-corrected chi connectivity index (χ1v) is 12.0. The van der Waals surface area contributed by atoms with Crippen molar-refractivity contribution < 1.29 is 14.6 Å². The molecule has 2 heterocycles. The summed E-state index contributed by atoms with van der Waals surface area (Å²) in [6, 6.07) is 15.0. The van der Waals surface area contributed by atoms with Gasteiger partial charge in [-0.15, -0.1) is 0 Å². The molecule has 4 atom stereocenters. The third-order valence-corrected chi connectivity index (χ3v) is 6.64. The standard InChI is InChI=1S/C26H35N3O3/c1-3-5-6-9-17-32-19-14-12-18(13-15-19)25-22-23(20-10-7-8-11-21(20)30)27-28-24(22)26(31)29(25)16-4-2/h7-8,10-15,22-25,27-28,30H,3-6,9,16-17H2,1-2H3. The monoisotopic (exact) mass is 437 g/mol. The van der Waals surface area contributed by atoms with E-state index in [0.717, 1.165) is 36.3 Å². The number of fused-ring (bicyclic) bond motifs is 1. The zero-order chi connectivity index (χ0) is 22.5. The molecule has 6 nitrogen and oxygen atoms in total. The number of nitrogens with zero attached hydrogens (tertiary/aromatic N) is 1. The molecule has 3 N–H and O–H groups in total. The van der Waals surface area contributed by atoms with E-state index < -0.39 is 0 Å². The SMILES string of the molecule is CCCCCCOc1ccc(C2C3C(NNC3c3ccccc3O)C(=O)N2CCC)cc1. The van der Waals surface area contributed by atoms with Gasteiger partial charge in [-0.1, -0.05) is 63.4 Å². The summed E-state index contributed by atoms with van der Waals surface area (Å²) < 4.78 is 5.92. The van der Waals surface area contributed by atoms with E-state index in [0.29, 0.717) is 6.54 Å². The number of benzene rings is 2. The predicted molar refractivity (Wildman–Crippen MR) is 125 cm³/mol. The second kappa shape index (κ2) is 10.4. The first-order valence-electron chi connectivity index (χ1n) is 12.0. The Kier molecular flexibility index (Phi) is 7.33. The molecule has 0 saturated carbocycles. The van der Waals surface area contributed by atoms with Crippen LogP contribution in [0.4, 0.5) is 0 Å². The first kappa shape index (κ1) is 22.6. The molecule has 1 amide bonds. The quantitative estimate of drug-likeness (QED) is 0.478. The summed E-state index contributed by atoms with van der Waals surface area (Å²) in [6.45, 7) is 5.75. The summed E-state index contributed by atoms with van der Waals surface area (Å²) in [7, 11) is 0. The Hall–Kier alpha value is -2.57. The Morgan fingerprint density at radius 3 is 2.41 bits per heavy atom. The zero-order valence-corrected chi connectivity index (χ0v) is 19.1. The van der Waals surface area contributed by atoms with E-state index in [9.17, 15) is 9.90 Å². The van der Waals surface area contributed by atoms with E-state index in [4.69, 9.17) is 4.74 Å².